The van der Waals surface area contributed by atoms with Crippen molar-refractivity contribution >= 4 is 22.6 Å². The summed E-state index contributed by atoms with van der Waals surface area (Å²) in [4.78, 5) is 4.72. The van der Waals surface area contributed by atoms with Crippen LogP contribution in [0.3, 0.4) is 0 Å². The van der Waals surface area contributed by atoms with Crippen LogP contribution >= 0.6 is 22.6 Å². The molecular weight excluding hydrogens is 261 g/mol. The largest absolute Gasteiger partial charge is 0.371 e. The molecule has 64 valence electrons. The lowest BCUT2D eigenvalue weighted by molar-refractivity contribution is -0.0318. The maximum Gasteiger partial charge on any atom is 0.131 e. The summed E-state index contributed by atoms with van der Waals surface area (Å²) in [6, 6.07) is 0. The molecule has 5 heteroatoms. The van der Waals surface area contributed by atoms with E-state index in [0.717, 1.165) is 6.61 Å². The number of ether oxygens (including phenoxy) is 2. The molecule has 2 N–H and O–H groups in total. The molecule has 2 aliphatic heterocycles. The summed E-state index contributed by atoms with van der Waals surface area (Å²) >= 11 is 2.33. The second kappa shape index (κ2) is 3.14. The van der Waals surface area contributed by atoms with Crippen molar-refractivity contribution in [2.45, 2.75) is 22.2 Å². The minimum Gasteiger partial charge on any atom is -0.371 e. The number of hydrogen-bond donors (Lipinski definition) is 1. The topological polar surface area (TPSA) is 53.7 Å². The molecule has 2 saturated heterocycles. The van der Waals surface area contributed by atoms with Crippen molar-refractivity contribution in [3.63, 3.8) is 0 Å². The highest BCUT2D eigenvalue weighted by Crippen LogP contribution is 2.31. The Bertz CT molecular complexity index is 157. The molecule has 2 aliphatic rings. The van der Waals surface area contributed by atoms with Crippen LogP contribution in [-0.2, 0) is 14.3 Å². The third-order valence-corrected chi connectivity index (χ3v) is 3.19. The lowest BCUT2D eigenvalue weighted by Crippen LogP contribution is -2.33. The van der Waals surface area contributed by atoms with Gasteiger partial charge in [0.2, 0.25) is 0 Å². The van der Waals surface area contributed by atoms with Gasteiger partial charge in [0.1, 0.15) is 18.3 Å². The number of alkyl halides is 1. The van der Waals surface area contributed by atoms with E-state index in [1.807, 2.05) is 0 Å². The van der Waals surface area contributed by atoms with Gasteiger partial charge in [-0.15, -0.1) is 0 Å². The first kappa shape index (κ1) is 8.18. The van der Waals surface area contributed by atoms with Crippen LogP contribution in [0.15, 0.2) is 0 Å². The van der Waals surface area contributed by atoms with Gasteiger partial charge in [0.15, 0.2) is 0 Å². The number of fused-ring (bicyclic) bond motifs is 1. The number of hydrogen-bond acceptors (Lipinski definition) is 4. The van der Waals surface area contributed by atoms with E-state index < -0.39 is 0 Å². The molecule has 2 fully saturated rings. The van der Waals surface area contributed by atoms with E-state index in [0.29, 0.717) is 10.5 Å². The van der Waals surface area contributed by atoms with Gasteiger partial charge >= 0.3 is 0 Å². The molecule has 0 aromatic heterocycles. The summed E-state index contributed by atoms with van der Waals surface area (Å²) < 4.78 is 11.4. The predicted octanol–water partition coefficient (Wildman–Crippen LogP) is -0.154. The molecule has 0 spiro atoms. The molecule has 11 heavy (non-hydrogen) atoms. The third-order valence-electron chi connectivity index (χ3n) is 2.12. The molecule has 0 aromatic carbocycles. The molecule has 4 atom stereocenters. The van der Waals surface area contributed by atoms with E-state index in [2.05, 4.69) is 22.6 Å². The second-order valence-electron chi connectivity index (χ2n) is 2.79. The first-order chi connectivity index (χ1) is 5.33. The molecule has 2 heterocycles. The van der Waals surface area contributed by atoms with E-state index >= 15 is 0 Å². The zero-order valence-corrected chi connectivity index (χ0v) is 8.06. The zero-order chi connectivity index (χ0) is 7.84. The molecule has 0 aliphatic carbocycles. The summed E-state index contributed by atoms with van der Waals surface area (Å²) in [6.45, 7) is 1.31. The van der Waals surface area contributed by atoms with Gasteiger partial charge in [-0.25, -0.2) is 5.90 Å². The maximum absolute atomic E-state index is 5.46. The number of halogens is 1. The third kappa shape index (κ3) is 1.29. The molecule has 2 rings (SSSR count). The van der Waals surface area contributed by atoms with Crippen molar-refractivity contribution in [1.82, 2.24) is 0 Å². The number of nitrogens with two attached hydrogens (primary N) is 1. The summed E-state index contributed by atoms with van der Waals surface area (Å²) in [5.74, 6) is 5.07. The van der Waals surface area contributed by atoms with Crippen molar-refractivity contribution in [3.8, 4) is 0 Å². The Morgan fingerprint density at radius 1 is 1.27 bits per heavy atom. The van der Waals surface area contributed by atoms with Crippen molar-refractivity contribution in [2.75, 3.05) is 13.2 Å². The maximum atomic E-state index is 5.46. The predicted molar refractivity (Wildman–Crippen MR) is 46.3 cm³/mol. The molecule has 0 aromatic rings. The molecule has 0 saturated carbocycles. The van der Waals surface area contributed by atoms with E-state index in [4.69, 9.17) is 20.2 Å². The summed E-state index contributed by atoms with van der Waals surface area (Å²) in [5.41, 5.74) is 0. The average molecular weight is 271 g/mol. The summed E-state index contributed by atoms with van der Waals surface area (Å²) in [7, 11) is 0. The Hall–Kier alpha value is 0.570. The fourth-order valence-electron chi connectivity index (χ4n) is 1.53. The fourth-order valence-corrected chi connectivity index (χ4v) is 2.36. The lowest BCUT2D eigenvalue weighted by Gasteiger charge is -2.12. The fraction of sp³-hybridized carbons (Fsp3) is 1.00. The Morgan fingerprint density at radius 3 is 2.73 bits per heavy atom. The molecule has 0 radical (unpaired) electrons. The lowest BCUT2D eigenvalue weighted by atomic mass is 10.1. The molecule has 0 bridgehead atoms. The minimum absolute atomic E-state index is 0.0573. The standard InChI is InChI=1S/C6H10INO3/c7-3-1-9-6-4(11-8)2-10-5(3)6/h3-6H,1-2,8H2. The normalized spacial score (nSPS) is 49.6. The highest BCUT2D eigenvalue weighted by Gasteiger charge is 2.47. The molecule has 4 unspecified atom stereocenters. The quantitative estimate of drug-likeness (QED) is 0.409. The van der Waals surface area contributed by atoms with Crippen molar-refractivity contribution in [1.29, 1.82) is 0 Å². The van der Waals surface area contributed by atoms with Crippen LogP contribution in [0, 0.1) is 0 Å². The first-order valence-electron chi connectivity index (χ1n) is 3.55. The smallest absolute Gasteiger partial charge is 0.131 e. The van der Waals surface area contributed by atoms with Gasteiger partial charge in [0, 0.05) is 0 Å². The van der Waals surface area contributed by atoms with Crippen LogP contribution < -0.4 is 5.90 Å². The second-order valence-corrected chi connectivity index (χ2v) is 4.39. The van der Waals surface area contributed by atoms with Crippen molar-refractivity contribution < 1.29 is 14.3 Å². The van der Waals surface area contributed by atoms with Gasteiger partial charge in [-0.3, -0.25) is 4.84 Å². The van der Waals surface area contributed by atoms with Crippen LogP contribution in [0.1, 0.15) is 0 Å². The Morgan fingerprint density at radius 2 is 2.00 bits per heavy atom. The highest BCUT2D eigenvalue weighted by molar-refractivity contribution is 14.1. The first-order valence-corrected chi connectivity index (χ1v) is 4.80. The van der Waals surface area contributed by atoms with Gasteiger partial charge in [0.25, 0.3) is 0 Å². The van der Waals surface area contributed by atoms with Gasteiger partial charge < -0.3 is 9.47 Å². The van der Waals surface area contributed by atoms with Crippen LogP contribution in [0.5, 0.6) is 0 Å². The average Bonchev–Trinajstić information content (AvgIpc) is 2.53. The summed E-state index contributed by atoms with van der Waals surface area (Å²) in [5, 5.41) is 0. The highest BCUT2D eigenvalue weighted by atomic mass is 127. The van der Waals surface area contributed by atoms with Gasteiger partial charge in [0.05, 0.1) is 17.1 Å². The molecule has 0 amide bonds. The van der Waals surface area contributed by atoms with Crippen molar-refractivity contribution in [3.05, 3.63) is 0 Å². The van der Waals surface area contributed by atoms with Crippen molar-refractivity contribution in [2.24, 2.45) is 5.90 Å². The van der Waals surface area contributed by atoms with Crippen LogP contribution in [0.4, 0.5) is 0 Å². The Kier molecular flexibility index (Phi) is 2.33. The Balaban J connectivity index is 2.04. The van der Waals surface area contributed by atoms with Crippen LogP contribution in [-0.4, -0.2) is 35.5 Å². The van der Waals surface area contributed by atoms with E-state index in [-0.39, 0.29) is 18.3 Å². The molecular formula is C6H10INO3. The van der Waals surface area contributed by atoms with E-state index in [9.17, 15) is 0 Å². The van der Waals surface area contributed by atoms with Gasteiger partial charge in [-0.05, 0) is 0 Å². The van der Waals surface area contributed by atoms with Crippen LogP contribution in [0.2, 0.25) is 0 Å². The number of rotatable bonds is 1. The zero-order valence-electron chi connectivity index (χ0n) is 5.90. The monoisotopic (exact) mass is 271 g/mol. The minimum atomic E-state index is -0.0697. The van der Waals surface area contributed by atoms with E-state index in [1.54, 1.807) is 0 Å². The van der Waals surface area contributed by atoms with Gasteiger partial charge in [-0.1, -0.05) is 22.6 Å². The summed E-state index contributed by atoms with van der Waals surface area (Å²) in [6.07, 6.45) is 0.172. The van der Waals surface area contributed by atoms with Gasteiger partial charge in [-0.2, -0.15) is 0 Å². The Labute approximate surface area is 78.4 Å². The molecule has 4 nitrogen and oxygen atoms in total. The SMILES string of the molecule is NOC1COC2C(I)COC12. The van der Waals surface area contributed by atoms with E-state index in [1.165, 1.54) is 0 Å². The van der Waals surface area contributed by atoms with Crippen LogP contribution in [0.25, 0.3) is 0 Å².